The molecule has 1 aromatic heterocycles. The second kappa shape index (κ2) is 6.19. The van der Waals surface area contributed by atoms with Gasteiger partial charge >= 0.3 is 0 Å². The fourth-order valence-electron chi connectivity index (χ4n) is 1.47. The number of ether oxygens (including phenoxy) is 1. The van der Waals surface area contributed by atoms with Gasteiger partial charge in [-0.1, -0.05) is 11.8 Å². The fraction of sp³-hybridized carbons (Fsp3) is 0.154. The number of rotatable bonds is 5. The summed E-state index contributed by atoms with van der Waals surface area (Å²) in [4.78, 5) is 19.3. The maximum Gasteiger partial charge on any atom is 0.189 e. The Hall–Kier alpha value is -2.08. The molecule has 6 heteroatoms. The average Bonchev–Trinajstić information content (AvgIpc) is 2.48. The molecule has 19 heavy (non-hydrogen) atoms. The van der Waals surface area contributed by atoms with Gasteiger partial charge < -0.3 is 10.1 Å². The minimum Gasteiger partial charge on any atom is -0.497 e. The summed E-state index contributed by atoms with van der Waals surface area (Å²) in [6.07, 6.45) is 4.13. The van der Waals surface area contributed by atoms with Crippen molar-refractivity contribution in [3.8, 4) is 5.75 Å². The topological polar surface area (TPSA) is 64.1 Å². The van der Waals surface area contributed by atoms with Crippen LogP contribution in [-0.4, -0.2) is 29.6 Å². The maximum absolute atomic E-state index is 11.0. The lowest BCUT2D eigenvalue weighted by atomic mass is 10.3. The number of benzene rings is 1. The number of hydrogen-bond donors (Lipinski definition) is 1. The summed E-state index contributed by atoms with van der Waals surface area (Å²) in [5.41, 5.74) is 1.25. The van der Waals surface area contributed by atoms with Gasteiger partial charge in [-0.3, -0.25) is 4.79 Å². The van der Waals surface area contributed by atoms with Gasteiger partial charge in [-0.25, -0.2) is 9.97 Å². The van der Waals surface area contributed by atoms with E-state index in [2.05, 4.69) is 15.3 Å². The molecule has 0 fully saturated rings. The molecule has 0 bridgehead atoms. The van der Waals surface area contributed by atoms with Crippen LogP contribution in [0.15, 0.2) is 35.6 Å². The largest absolute Gasteiger partial charge is 0.497 e. The fourth-order valence-corrected chi connectivity index (χ4v) is 1.81. The molecule has 0 saturated heterocycles. The molecular weight excluding hydrogens is 262 g/mol. The normalized spacial score (nSPS) is 10.0. The molecule has 2 aromatic rings. The molecule has 0 aliphatic rings. The number of aromatic nitrogens is 2. The summed E-state index contributed by atoms with van der Waals surface area (Å²) in [5.74, 6) is 1.27. The zero-order valence-electron chi connectivity index (χ0n) is 10.6. The molecule has 0 atom stereocenters. The van der Waals surface area contributed by atoms with Crippen molar-refractivity contribution in [2.75, 3.05) is 18.7 Å². The Labute approximate surface area is 115 Å². The molecule has 1 heterocycles. The van der Waals surface area contributed by atoms with Crippen molar-refractivity contribution in [2.24, 2.45) is 0 Å². The molecular formula is C13H13N3O2S. The summed E-state index contributed by atoms with van der Waals surface area (Å²) in [7, 11) is 1.61. The second-order valence-electron chi connectivity index (χ2n) is 3.63. The first-order valence-electron chi connectivity index (χ1n) is 5.54. The van der Waals surface area contributed by atoms with Gasteiger partial charge in [0.25, 0.3) is 0 Å². The van der Waals surface area contributed by atoms with E-state index in [1.54, 1.807) is 7.11 Å². The van der Waals surface area contributed by atoms with Gasteiger partial charge in [-0.05, 0) is 30.5 Å². The van der Waals surface area contributed by atoms with Crippen LogP contribution < -0.4 is 10.1 Å². The monoisotopic (exact) mass is 275 g/mol. The third-order valence-corrected chi connectivity index (χ3v) is 3.02. The first kappa shape index (κ1) is 13.4. The molecule has 0 amide bonds. The SMILES string of the molecule is COc1ccc(Nc2nc(SC)ncc2C=O)cc1. The smallest absolute Gasteiger partial charge is 0.189 e. The number of carbonyl (C=O) groups is 1. The van der Waals surface area contributed by atoms with Crippen LogP contribution in [-0.2, 0) is 0 Å². The highest BCUT2D eigenvalue weighted by Gasteiger charge is 2.06. The number of nitrogens with one attached hydrogen (secondary N) is 1. The van der Waals surface area contributed by atoms with E-state index in [9.17, 15) is 4.79 Å². The predicted molar refractivity (Wildman–Crippen MR) is 75.5 cm³/mol. The van der Waals surface area contributed by atoms with Crippen LogP contribution in [0.3, 0.4) is 0 Å². The lowest BCUT2D eigenvalue weighted by molar-refractivity contribution is 0.112. The van der Waals surface area contributed by atoms with Gasteiger partial charge in [-0.15, -0.1) is 0 Å². The van der Waals surface area contributed by atoms with Crippen molar-refractivity contribution < 1.29 is 9.53 Å². The Morgan fingerprint density at radius 1 is 1.32 bits per heavy atom. The standard InChI is InChI=1S/C13H13N3O2S/c1-18-11-5-3-10(4-6-11)15-12-9(8-17)7-14-13(16-12)19-2/h3-8H,1-2H3,(H,14,15,16). The molecule has 2 rings (SSSR count). The number of anilines is 2. The van der Waals surface area contributed by atoms with Crippen molar-refractivity contribution in [1.29, 1.82) is 0 Å². The van der Waals surface area contributed by atoms with Gasteiger partial charge in [0.2, 0.25) is 0 Å². The summed E-state index contributed by atoms with van der Waals surface area (Å²) >= 11 is 1.42. The van der Waals surface area contributed by atoms with E-state index >= 15 is 0 Å². The lowest BCUT2D eigenvalue weighted by Crippen LogP contribution is -2.01. The number of hydrogen-bond acceptors (Lipinski definition) is 6. The summed E-state index contributed by atoms with van der Waals surface area (Å²) in [6.45, 7) is 0. The molecule has 1 N–H and O–H groups in total. The Bertz CT molecular complexity index is 573. The zero-order chi connectivity index (χ0) is 13.7. The molecule has 5 nitrogen and oxygen atoms in total. The highest BCUT2D eigenvalue weighted by atomic mass is 32.2. The van der Waals surface area contributed by atoms with Crippen LogP contribution in [0.5, 0.6) is 5.75 Å². The van der Waals surface area contributed by atoms with Crippen molar-refractivity contribution >= 4 is 29.6 Å². The highest BCUT2D eigenvalue weighted by molar-refractivity contribution is 7.98. The van der Waals surface area contributed by atoms with Gasteiger partial charge in [0, 0.05) is 11.9 Å². The average molecular weight is 275 g/mol. The van der Waals surface area contributed by atoms with Gasteiger partial charge in [0.1, 0.15) is 11.6 Å². The molecule has 0 saturated carbocycles. The molecule has 98 valence electrons. The quantitative estimate of drug-likeness (QED) is 0.514. The van der Waals surface area contributed by atoms with Gasteiger partial charge in [0.05, 0.1) is 12.7 Å². The first-order chi connectivity index (χ1) is 9.26. The van der Waals surface area contributed by atoms with E-state index in [1.807, 2.05) is 30.5 Å². The lowest BCUT2D eigenvalue weighted by Gasteiger charge is -2.09. The minimum atomic E-state index is 0.425. The Morgan fingerprint density at radius 2 is 2.05 bits per heavy atom. The number of nitrogens with zero attached hydrogens (tertiary/aromatic N) is 2. The molecule has 0 aliphatic heterocycles. The summed E-state index contributed by atoms with van der Waals surface area (Å²) in [5, 5.41) is 3.71. The van der Waals surface area contributed by atoms with Crippen LogP contribution in [0.1, 0.15) is 10.4 Å². The van der Waals surface area contributed by atoms with Crippen LogP contribution in [0, 0.1) is 0 Å². The van der Waals surface area contributed by atoms with Crippen molar-refractivity contribution in [1.82, 2.24) is 9.97 Å². The van der Waals surface area contributed by atoms with E-state index in [1.165, 1.54) is 18.0 Å². The van der Waals surface area contributed by atoms with E-state index in [-0.39, 0.29) is 0 Å². The van der Waals surface area contributed by atoms with Crippen molar-refractivity contribution in [3.05, 3.63) is 36.0 Å². The van der Waals surface area contributed by atoms with E-state index in [0.29, 0.717) is 16.5 Å². The zero-order valence-corrected chi connectivity index (χ0v) is 11.4. The van der Waals surface area contributed by atoms with E-state index in [4.69, 9.17) is 4.74 Å². The summed E-state index contributed by atoms with van der Waals surface area (Å²) < 4.78 is 5.09. The molecule has 0 radical (unpaired) electrons. The second-order valence-corrected chi connectivity index (χ2v) is 4.41. The van der Waals surface area contributed by atoms with E-state index in [0.717, 1.165) is 17.7 Å². The Morgan fingerprint density at radius 3 is 2.63 bits per heavy atom. The molecule has 1 aromatic carbocycles. The van der Waals surface area contributed by atoms with Gasteiger partial charge in [0.15, 0.2) is 11.4 Å². The number of thioether (sulfide) groups is 1. The van der Waals surface area contributed by atoms with Gasteiger partial charge in [-0.2, -0.15) is 0 Å². The number of methoxy groups -OCH3 is 1. The molecule has 0 unspecified atom stereocenters. The Kier molecular flexibility index (Phi) is 4.35. The third kappa shape index (κ3) is 3.23. The number of carbonyl (C=O) groups excluding carboxylic acids is 1. The first-order valence-corrected chi connectivity index (χ1v) is 6.76. The maximum atomic E-state index is 11.0. The highest BCUT2D eigenvalue weighted by Crippen LogP contribution is 2.21. The Balaban J connectivity index is 2.27. The van der Waals surface area contributed by atoms with Crippen molar-refractivity contribution in [3.63, 3.8) is 0 Å². The molecule has 0 aliphatic carbocycles. The summed E-state index contributed by atoms with van der Waals surface area (Å²) in [6, 6.07) is 7.38. The van der Waals surface area contributed by atoms with Crippen LogP contribution in [0.2, 0.25) is 0 Å². The van der Waals surface area contributed by atoms with E-state index < -0.39 is 0 Å². The van der Waals surface area contributed by atoms with Crippen molar-refractivity contribution in [2.45, 2.75) is 5.16 Å². The minimum absolute atomic E-state index is 0.425. The van der Waals surface area contributed by atoms with Crippen LogP contribution >= 0.6 is 11.8 Å². The third-order valence-electron chi connectivity index (χ3n) is 2.46. The number of aldehydes is 1. The predicted octanol–water partition coefficient (Wildman–Crippen LogP) is 2.76. The van der Waals surface area contributed by atoms with Crippen LogP contribution in [0.25, 0.3) is 0 Å². The van der Waals surface area contributed by atoms with Crippen LogP contribution in [0.4, 0.5) is 11.5 Å². The molecule has 0 spiro atoms.